The van der Waals surface area contributed by atoms with Crippen molar-refractivity contribution in [1.82, 2.24) is 10.3 Å². The summed E-state index contributed by atoms with van der Waals surface area (Å²) in [5.41, 5.74) is 1.07. The molecule has 0 unspecified atom stereocenters. The Morgan fingerprint density at radius 3 is 2.94 bits per heavy atom. The molecule has 0 radical (unpaired) electrons. The standard InChI is InChI=1S/C13H22N2O2/c1-11(2)17-13-12(6-5-8-15-13)10-14-7-3-4-9-16/h5-6,8,11,14,16H,3-4,7,9-10H2,1-2H3. The lowest BCUT2D eigenvalue weighted by Gasteiger charge is -2.13. The first-order valence-corrected chi connectivity index (χ1v) is 6.16. The maximum absolute atomic E-state index is 8.67. The minimum Gasteiger partial charge on any atom is -0.475 e. The minimum atomic E-state index is 0.137. The van der Waals surface area contributed by atoms with Crippen LogP contribution < -0.4 is 10.1 Å². The van der Waals surface area contributed by atoms with E-state index in [0.717, 1.165) is 31.5 Å². The molecule has 0 saturated carbocycles. The number of unbranched alkanes of at least 4 members (excludes halogenated alkanes) is 1. The molecule has 0 saturated heterocycles. The number of rotatable bonds is 8. The molecule has 2 N–H and O–H groups in total. The van der Waals surface area contributed by atoms with Crippen molar-refractivity contribution in [2.75, 3.05) is 13.2 Å². The zero-order valence-electron chi connectivity index (χ0n) is 10.6. The van der Waals surface area contributed by atoms with Crippen LogP contribution in [0.25, 0.3) is 0 Å². The molecule has 1 heterocycles. The molecule has 17 heavy (non-hydrogen) atoms. The SMILES string of the molecule is CC(C)Oc1ncccc1CNCCCCO. The summed E-state index contributed by atoms with van der Waals surface area (Å²) in [5, 5.41) is 12.0. The number of nitrogens with zero attached hydrogens (tertiary/aromatic N) is 1. The van der Waals surface area contributed by atoms with E-state index in [2.05, 4.69) is 10.3 Å². The van der Waals surface area contributed by atoms with Gasteiger partial charge in [-0.05, 0) is 39.3 Å². The summed E-state index contributed by atoms with van der Waals surface area (Å²) in [5.74, 6) is 0.706. The van der Waals surface area contributed by atoms with E-state index >= 15 is 0 Å². The van der Waals surface area contributed by atoms with E-state index in [1.165, 1.54) is 0 Å². The topological polar surface area (TPSA) is 54.4 Å². The van der Waals surface area contributed by atoms with E-state index in [0.29, 0.717) is 5.88 Å². The number of hydrogen-bond donors (Lipinski definition) is 2. The maximum atomic E-state index is 8.67. The van der Waals surface area contributed by atoms with Crippen molar-refractivity contribution in [3.8, 4) is 5.88 Å². The Balaban J connectivity index is 2.40. The molecule has 0 spiro atoms. The van der Waals surface area contributed by atoms with Crippen LogP contribution in [-0.2, 0) is 6.54 Å². The molecular formula is C13H22N2O2. The predicted octanol–water partition coefficient (Wildman–Crippen LogP) is 1.73. The van der Waals surface area contributed by atoms with Gasteiger partial charge < -0.3 is 15.2 Å². The van der Waals surface area contributed by atoms with Gasteiger partial charge in [-0.3, -0.25) is 0 Å². The zero-order valence-corrected chi connectivity index (χ0v) is 10.6. The molecule has 1 aromatic heterocycles. The Morgan fingerprint density at radius 1 is 1.41 bits per heavy atom. The quantitative estimate of drug-likeness (QED) is 0.677. The average molecular weight is 238 g/mol. The second-order valence-electron chi connectivity index (χ2n) is 4.24. The number of aromatic nitrogens is 1. The molecule has 0 amide bonds. The lowest BCUT2D eigenvalue weighted by atomic mass is 10.2. The lowest BCUT2D eigenvalue weighted by Crippen LogP contribution is -2.17. The Kier molecular flexibility index (Phi) is 6.58. The number of ether oxygens (including phenoxy) is 1. The van der Waals surface area contributed by atoms with Gasteiger partial charge in [0.1, 0.15) is 0 Å². The maximum Gasteiger partial charge on any atom is 0.218 e. The van der Waals surface area contributed by atoms with Crippen LogP contribution in [0, 0.1) is 0 Å². The molecular weight excluding hydrogens is 216 g/mol. The Morgan fingerprint density at radius 2 is 2.24 bits per heavy atom. The fourth-order valence-electron chi connectivity index (χ4n) is 1.47. The van der Waals surface area contributed by atoms with Crippen LogP contribution in [0.5, 0.6) is 5.88 Å². The number of pyridine rings is 1. The number of hydrogen-bond acceptors (Lipinski definition) is 4. The molecule has 0 aliphatic rings. The highest BCUT2D eigenvalue weighted by Crippen LogP contribution is 2.15. The van der Waals surface area contributed by atoms with Gasteiger partial charge in [-0.2, -0.15) is 0 Å². The summed E-state index contributed by atoms with van der Waals surface area (Å²) in [7, 11) is 0. The van der Waals surface area contributed by atoms with Gasteiger partial charge in [0.25, 0.3) is 0 Å². The first-order chi connectivity index (χ1) is 8.24. The van der Waals surface area contributed by atoms with E-state index in [1.54, 1.807) is 6.20 Å². The van der Waals surface area contributed by atoms with Gasteiger partial charge >= 0.3 is 0 Å². The fraction of sp³-hybridized carbons (Fsp3) is 0.615. The third kappa shape index (κ3) is 5.65. The van der Waals surface area contributed by atoms with Gasteiger partial charge in [0.2, 0.25) is 5.88 Å². The van der Waals surface area contributed by atoms with Crippen molar-refractivity contribution in [3.05, 3.63) is 23.9 Å². The zero-order chi connectivity index (χ0) is 12.5. The normalized spacial score (nSPS) is 10.8. The Labute approximate surface area is 103 Å². The molecule has 0 aliphatic carbocycles. The first kappa shape index (κ1) is 13.9. The molecule has 0 aromatic carbocycles. The average Bonchev–Trinajstić information content (AvgIpc) is 2.30. The first-order valence-electron chi connectivity index (χ1n) is 6.16. The highest BCUT2D eigenvalue weighted by atomic mass is 16.5. The number of nitrogens with one attached hydrogen (secondary N) is 1. The van der Waals surface area contributed by atoms with Crippen molar-refractivity contribution in [1.29, 1.82) is 0 Å². The van der Waals surface area contributed by atoms with Crippen LogP contribution in [0.3, 0.4) is 0 Å². The van der Waals surface area contributed by atoms with Gasteiger partial charge in [-0.15, -0.1) is 0 Å². The van der Waals surface area contributed by atoms with Gasteiger partial charge in [0.15, 0.2) is 0 Å². The largest absolute Gasteiger partial charge is 0.475 e. The van der Waals surface area contributed by atoms with Crippen LogP contribution in [0.2, 0.25) is 0 Å². The number of aliphatic hydroxyl groups is 1. The molecule has 96 valence electrons. The summed E-state index contributed by atoms with van der Waals surface area (Å²) < 4.78 is 5.63. The molecule has 0 aliphatic heterocycles. The molecule has 0 fully saturated rings. The van der Waals surface area contributed by atoms with Crippen molar-refractivity contribution in [2.24, 2.45) is 0 Å². The van der Waals surface area contributed by atoms with Crippen molar-refractivity contribution in [3.63, 3.8) is 0 Å². The Hall–Kier alpha value is -1.13. The molecule has 4 nitrogen and oxygen atoms in total. The molecule has 4 heteroatoms. The molecule has 0 bridgehead atoms. The molecule has 0 atom stereocenters. The lowest BCUT2D eigenvalue weighted by molar-refractivity contribution is 0.229. The Bertz CT molecular complexity index is 316. The second kappa shape index (κ2) is 8.03. The number of aliphatic hydroxyl groups excluding tert-OH is 1. The van der Waals surface area contributed by atoms with Gasteiger partial charge in [-0.1, -0.05) is 6.07 Å². The minimum absolute atomic E-state index is 0.137. The van der Waals surface area contributed by atoms with Gasteiger partial charge in [0.05, 0.1) is 6.10 Å². The van der Waals surface area contributed by atoms with Crippen LogP contribution in [0.4, 0.5) is 0 Å². The van der Waals surface area contributed by atoms with Crippen molar-refractivity contribution in [2.45, 2.75) is 39.3 Å². The summed E-state index contributed by atoms with van der Waals surface area (Å²) in [6, 6.07) is 3.93. The van der Waals surface area contributed by atoms with E-state index in [-0.39, 0.29) is 12.7 Å². The van der Waals surface area contributed by atoms with Crippen LogP contribution in [0.15, 0.2) is 18.3 Å². The third-order valence-electron chi connectivity index (χ3n) is 2.27. The second-order valence-corrected chi connectivity index (χ2v) is 4.24. The van der Waals surface area contributed by atoms with E-state index in [9.17, 15) is 0 Å². The van der Waals surface area contributed by atoms with Crippen molar-refractivity contribution >= 4 is 0 Å². The van der Waals surface area contributed by atoms with Crippen LogP contribution >= 0.6 is 0 Å². The smallest absolute Gasteiger partial charge is 0.218 e. The fourth-order valence-corrected chi connectivity index (χ4v) is 1.47. The van der Waals surface area contributed by atoms with E-state index in [1.807, 2.05) is 26.0 Å². The van der Waals surface area contributed by atoms with Crippen LogP contribution in [-0.4, -0.2) is 29.3 Å². The molecule has 1 rings (SSSR count). The van der Waals surface area contributed by atoms with E-state index < -0.39 is 0 Å². The predicted molar refractivity (Wildman–Crippen MR) is 68.0 cm³/mol. The summed E-state index contributed by atoms with van der Waals surface area (Å²) in [6.45, 7) is 5.90. The van der Waals surface area contributed by atoms with E-state index in [4.69, 9.17) is 9.84 Å². The highest BCUT2D eigenvalue weighted by molar-refractivity contribution is 5.25. The summed E-state index contributed by atoms with van der Waals surface area (Å²) in [6.07, 6.45) is 3.71. The summed E-state index contributed by atoms with van der Waals surface area (Å²) >= 11 is 0. The van der Waals surface area contributed by atoms with Crippen LogP contribution in [0.1, 0.15) is 32.3 Å². The monoisotopic (exact) mass is 238 g/mol. The van der Waals surface area contributed by atoms with Gasteiger partial charge in [0, 0.05) is 24.9 Å². The highest BCUT2D eigenvalue weighted by Gasteiger charge is 2.05. The molecule has 1 aromatic rings. The van der Waals surface area contributed by atoms with Gasteiger partial charge in [-0.25, -0.2) is 4.98 Å². The summed E-state index contributed by atoms with van der Waals surface area (Å²) in [4.78, 5) is 4.23. The van der Waals surface area contributed by atoms with Crippen molar-refractivity contribution < 1.29 is 9.84 Å². The third-order valence-corrected chi connectivity index (χ3v) is 2.27.